The number of carbonyl (C=O) groups is 1. The van der Waals surface area contributed by atoms with E-state index in [1.54, 1.807) is 19.0 Å². The lowest BCUT2D eigenvalue weighted by Gasteiger charge is -2.14. The van der Waals surface area contributed by atoms with Crippen molar-refractivity contribution in [2.75, 3.05) is 46.9 Å². The van der Waals surface area contributed by atoms with Gasteiger partial charge in [-0.15, -0.1) is 0 Å². The molecule has 0 aliphatic heterocycles. The molecule has 2 aromatic rings. The van der Waals surface area contributed by atoms with Crippen LogP contribution >= 0.6 is 0 Å². The first-order chi connectivity index (χ1) is 13.6. The van der Waals surface area contributed by atoms with Gasteiger partial charge >= 0.3 is 0 Å². The van der Waals surface area contributed by atoms with Gasteiger partial charge in [0.25, 0.3) is 0 Å². The van der Waals surface area contributed by atoms with E-state index >= 15 is 0 Å². The molecular weight excluding hydrogens is 354 g/mol. The van der Waals surface area contributed by atoms with Gasteiger partial charge in [-0.3, -0.25) is 4.79 Å². The maximum atomic E-state index is 11.8. The number of para-hydroxylation sites is 1. The molecule has 0 radical (unpaired) electrons. The number of hydrogen-bond acceptors (Lipinski definition) is 3. The van der Waals surface area contributed by atoms with E-state index in [9.17, 15) is 4.79 Å². The first-order valence-electron chi connectivity index (χ1n) is 9.95. The quantitative estimate of drug-likeness (QED) is 0.352. The molecule has 0 atom stereocenters. The molecule has 7 heteroatoms. The smallest absolute Gasteiger partial charge is 0.243 e. The van der Waals surface area contributed by atoms with E-state index in [2.05, 4.69) is 56.7 Å². The van der Waals surface area contributed by atoms with E-state index in [0.717, 1.165) is 39.1 Å². The van der Waals surface area contributed by atoms with Crippen LogP contribution in [0.1, 0.15) is 19.8 Å². The lowest BCUT2D eigenvalue weighted by atomic mass is 10.2. The Kier molecular flexibility index (Phi) is 9.34. The van der Waals surface area contributed by atoms with Crippen LogP contribution in [-0.2, 0) is 16.1 Å². The van der Waals surface area contributed by atoms with Crippen LogP contribution in [0.15, 0.2) is 41.5 Å². The lowest BCUT2D eigenvalue weighted by Crippen LogP contribution is -2.40. The molecule has 0 saturated carbocycles. The second kappa shape index (κ2) is 12.0. The van der Waals surface area contributed by atoms with Crippen molar-refractivity contribution < 1.29 is 9.53 Å². The van der Waals surface area contributed by atoms with Gasteiger partial charge in [0, 0.05) is 58.7 Å². The molecule has 0 spiro atoms. The van der Waals surface area contributed by atoms with Crippen molar-refractivity contribution in [1.29, 1.82) is 0 Å². The number of likely N-dealkylation sites (N-methyl/N-ethyl adjacent to an activating group) is 1. The molecule has 1 aromatic heterocycles. The minimum absolute atomic E-state index is 0.0192. The minimum Gasteiger partial charge on any atom is -0.382 e. The van der Waals surface area contributed by atoms with Crippen molar-refractivity contribution in [3.8, 4) is 0 Å². The summed E-state index contributed by atoms with van der Waals surface area (Å²) in [5.41, 5.74) is 1.25. The number of nitrogens with one attached hydrogen (secondary N) is 2. The summed E-state index contributed by atoms with van der Waals surface area (Å²) in [7, 11) is 3.48. The fourth-order valence-electron chi connectivity index (χ4n) is 2.78. The standard InChI is InChI=1S/C21H33N5O2/c1-4-28-16-8-13-23-21(24-17-20(27)25(2)3)22-12-7-14-26-15-11-18-9-5-6-10-19(18)26/h5-6,9-11,15H,4,7-8,12-14,16-17H2,1-3H3,(H2,22,23,24). The normalized spacial score (nSPS) is 11.6. The molecule has 0 bridgehead atoms. The third-order valence-corrected chi connectivity index (χ3v) is 4.38. The number of benzene rings is 1. The highest BCUT2D eigenvalue weighted by Crippen LogP contribution is 2.15. The number of carbonyl (C=O) groups excluding carboxylic acids is 1. The third-order valence-electron chi connectivity index (χ3n) is 4.38. The number of aliphatic imine (C=N–C) groups is 1. The summed E-state index contributed by atoms with van der Waals surface area (Å²) in [5, 5.41) is 7.87. The number of aryl methyl sites for hydroxylation is 1. The predicted molar refractivity (Wildman–Crippen MR) is 115 cm³/mol. The maximum absolute atomic E-state index is 11.8. The Bertz CT molecular complexity index is 754. The third kappa shape index (κ3) is 7.23. The largest absolute Gasteiger partial charge is 0.382 e. The number of rotatable bonds is 11. The Morgan fingerprint density at radius 3 is 2.64 bits per heavy atom. The summed E-state index contributed by atoms with van der Waals surface area (Å²) in [6.45, 7) is 6.02. The van der Waals surface area contributed by atoms with Crippen LogP contribution in [0.2, 0.25) is 0 Å². The molecular formula is C21H33N5O2. The first kappa shape index (κ1) is 21.8. The van der Waals surface area contributed by atoms with E-state index < -0.39 is 0 Å². The monoisotopic (exact) mass is 387 g/mol. The molecule has 154 valence electrons. The summed E-state index contributed by atoms with van der Waals surface area (Å²) in [6, 6.07) is 10.5. The Morgan fingerprint density at radius 2 is 1.89 bits per heavy atom. The van der Waals surface area contributed by atoms with Gasteiger partial charge in [-0.1, -0.05) is 18.2 Å². The fraction of sp³-hybridized carbons (Fsp3) is 0.524. The second-order valence-electron chi connectivity index (χ2n) is 6.78. The lowest BCUT2D eigenvalue weighted by molar-refractivity contribution is -0.127. The summed E-state index contributed by atoms with van der Waals surface area (Å²) < 4.78 is 7.62. The van der Waals surface area contributed by atoms with Gasteiger partial charge in [0.05, 0.1) is 0 Å². The van der Waals surface area contributed by atoms with Gasteiger partial charge in [-0.25, -0.2) is 4.99 Å². The summed E-state index contributed by atoms with van der Waals surface area (Å²) in [4.78, 5) is 17.8. The highest BCUT2D eigenvalue weighted by molar-refractivity contribution is 5.84. The number of fused-ring (bicyclic) bond motifs is 1. The van der Waals surface area contributed by atoms with Crippen LogP contribution in [0.4, 0.5) is 0 Å². The SMILES string of the molecule is CCOCCCNC(=NCC(=O)N(C)C)NCCCn1ccc2ccccc21. The molecule has 1 amide bonds. The highest BCUT2D eigenvalue weighted by Gasteiger charge is 2.05. The predicted octanol–water partition coefficient (Wildman–Crippen LogP) is 2.08. The molecule has 2 rings (SSSR count). The van der Waals surface area contributed by atoms with E-state index in [0.29, 0.717) is 12.6 Å². The zero-order valence-corrected chi connectivity index (χ0v) is 17.3. The number of ether oxygens (including phenoxy) is 1. The molecule has 28 heavy (non-hydrogen) atoms. The molecule has 1 heterocycles. The van der Waals surface area contributed by atoms with Crippen molar-refractivity contribution in [2.45, 2.75) is 26.3 Å². The average Bonchev–Trinajstić information content (AvgIpc) is 3.11. The maximum Gasteiger partial charge on any atom is 0.243 e. The van der Waals surface area contributed by atoms with Gasteiger partial charge < -0.3 is 24.8 Å². The van der Waals surface area contributed by atoms with Crippen LogP contribution < -0.4 is 10.6 Å². The van der Waals surface area contributed by atoms with E-state index in [1.807, 2.05) is 6.92 Å². The Labute approximate surface area is 167 Å². The first-order valence-corrected chi connectivity index (χ1v) is 9.95. The second-order valence-corrected chi connectivity index (χ2v) is 6.78. The fourth-order valence-corrected chi connectivity index (χ4v) is 2.78. The number of hydrogen-bond donors (Lipinski definition) is 2. The van der Waals surface area contributed by atoms with Crippen LogP contribution in [0.3, 0.4) is 0 Å². The summed E-state index contributed by atoms with van der Waals surface area (Å²) >= 11 is 0. The van der Waals surface area contributed by atoms with Crippen molar-refractivity contribution in [2.24, 2.45) is 4.99 Å². The Hall–Kier alpha value is -2.54. The van der Waals surface area contributed by atoms with Crippen molar-refractivity contribution in [3.05, 3.63) is 36.5 Å². The molecule has 0 saturated heterocycles. The molecule has 0 fully saturated rings. The zero-order valence-electron chi connectivity index (χ0n) is 17.3. The van der Waals surface area contributed by atoms with Crippen molar-refractivity contribution in [3.63, 3.8) is 0 Å². The molecule has 0 unspecified atom stereocenters. The minimum atomic E-state index is -0.0192. The zero-order chi connectivity index (χ0) is 20.2. The van der Waals surface area contributed by atoms with E-state index in [1.165, 1.54) is 10.9 Å². The summed E-state index contributed by atoms with van der Waals surface area (Å²) in [6.07, 6.45) is 3.98. The molecule has 2 N–H and O–H groups in total. The molecule has 0 aliphatic rings. The number of amides is 1. The number of aromatic nitrogens is 1. The van der Waals surface area contributed by atoms with E-state index in [-0.39, 0.29) is 12.5 Å². The van der Waals surface area contributed by atoms with Crippen LogP contribution in [0, 0.1) is 0 Å². The van der Waals surface area contributed by atoms with Crippen LogP contribution in [0.25, 0.3) is 10.9 Å². The van der Waals surface area contributed by atoms with Gasteiger partial charge in [0.1, 0.15) is 6.54 Å². The highest BCUT2D eigenvalue weighted by atomic mass is 16.5. The van der Waals surface area contributed by atoms with Gasteiger partial charge in [0.15, 0.2) is 5.96 Å². The van der Waals surface area contributed by atoms with Gasteiger partial charge in [0.2, 0.25) is 5.91 Å². The molecule has 1 aromatic carbocycles. The van der Waals surface area contributed by atoms with Crippen molar-refractivity contribution >= 4 is 22.8 Å². The number of guanidine groups is 1. The molecule has 7 nitrogen and oxygen atoms in total. The Morgan fingerprint density at radius 1 is 1.14 bits per heavy atom. The van der Waals surface area contributed by atoms with Crippen molar-refractivity contribution in [1.82, 2.24) is 20.1 Å². The van der Waals surface area contributed by atoms with Gasteiger partial charge in [-0.2, -0.15) is 0 Å². The summed E-state index contributed by atoms with van der Waals surface area (Å²) in [5.74, 6) is 0.651. The Balaban J connectivity index is 1.81. The van der Waals surface area contributed by atoms with Crippen LogP contribution in [0.5, 0.6) is 0 Å². The molecule has 0 aliphatic carbocycles. The van der Waals surface area contributed by atoms with Crippen LogP contribution in [-0.4, -0.2) is 68.3 Å². The van der Waals surface area contributed by atoms with Gasteiger partial charge in [-0.05, 0) is 37.3 Å². The van der Waals surface area contributed by atoms with E-state index in [4.69, 9.17) is 4.74 Å². The topological polar surface area (TPSA) is 70.9 Å². The average molecular weight is 388 g/mol. The number of nitrogens with zero attached hydrogens (tertiary/aromatic N) is 3.